The first-order valence-corrected chi connectivity index (χ1v) is 8.24. The molecule has 4 rings (SSSR count). The van der Waals surface area contributed by atoms with Crippen molar-refractivity contribution in [3.05, 3.63) is 76.1 Å². The van der Waals surface area contributed by atoms with Gasteiger partial charge in [-0.05, 0) is 18.2 Å². The summed E-state index contributed by atoms with van der Waals surface area (Å²) in [5.41, 5.74) is 0.705. The van der Waals surface area contributed by atoms with Gasteiger partial charge < -0.3 is 14.5 Å². The number of ketones is 1. The van der Waals surface area contributed by atoms with Crippen molar-refractivity contribution in [3.63, 3.8) is 0 Å². The maximum atomic E-state index is 12.5. The number of carbonyl (C=O) groups is 1. The van der Waals surface area contributed by atoms with E-state index in [1.54, 1.807) is 36.7 Å². The van der Waals surface area contributed by atoms with Gasteiger partial charge in [0.2, 0.25) is 5.78 Å². The summed E-state index contributed by atoms with van der Waals surface area (Å²) in [6, 6.07) is 16.1. The fourth-order valence-electron chi connectivity index (χ4n) is 2.92. The first-order chi connectivity index (χ1) is 12.7. The number of ether oxygens (including phenoxy) is 1. The van der Waals surface area contributed by atoms with Crippen LogP contribution in [0.5, 0.6) is 5.75 Å². The third kappa shape index (κ3) is 3.09. The highest BCUT2D eigenvalue weighted by molar-refractivity contribution is 5.99. The molecule has 0 spiro atoms. The number of benzene rings is 2. The summed E-state index contributed by atoms with van der Waals surface area (Å²) >= 11 is 0. The van der Waals surface area contributed by atoms with Crippen molar-refractivity contribution in [2.45, 2.75) is 6.04 Å². The van der Waals surface area contributed by atoms with Crippen molar-refractivity contribution in [2.75, 3.05) is 13.2 Å². The zero-order chi connectivity index (χ0) is 17.9. The SMILES string of the molecule is O=C(COc1ccccc1C1CN=CN1)c1cc2ccccc2oc1=O. The Kier molecular flexibility index (Phi) is 4.23. The summed E-state index contributed by atoms with van der Waals surface area (Å²) in [5.74, 6) is 0.170. The van der Waals surface area contributed by atoms with Gasteiger partial charge >= 0.3 is 5.63 Å². The quantitative estimate of drug-likeness (QED) is 0.566. The number of Topliss-reactive ketones (excluding diaryl/α,β-unsaturated/α-hetero) is 1. The molecule has 1 aliphatic heterocycles. The average molecular weight is 348 g/mol. The lowest BCUT2D eigenvalue weighted by molar-refractivity contribution is 0.0917. The lowest BCUT2D eigenvalue weighted by atomic mass is 10.1. The van der Waals surface area contributed by atoms with E-state index in [-0.39, 0.29) is 18.2 Å². The second-order valence-electron chi connectivity index (χ2n) is 5.95. The Bertz CT molecular complexity index is 1050. The smallest absolute Gasteiger partial charge is 0.347 e. The number of rotatable bonds is 5. The zero-order valence-corrected chi connectivity index (χ0v) is 13.8. The molecule has 1 unspecified atom stereocenters. The number of carbonyl (C=O) groups excluding carboxylic acids is 1. The molecule has 0 aliphatic carbocycles. The predicted molar refractivity (Wildman–Crippen MR) is 98.0 cm³/mol. The van der Waals surface area contributed by atoms with Crippen molar-refractivity contribution in [1.29, 1.82) is 0 Å². The maximum Gasteiger partial charge on any atom is 0.347 e. The minimum absolute atomic E-state index is 0.0106. The van der Waals surface area contributed by atoms with E-state index in [4.69, 9.17) is 9.15 Å². The molecule has 0 radical (unpaired) electrons. The van der Waals surface area contributed by atoms with Gasteiger partial charge in [-0.3, -0.25) is 9.79 Å². The highest BCUT2D eigenvalue weighted by atomic mass is 16.5. The van der Waals surface area contributed by atoms with Crippen LogP contribution in [0.15, 0.2) is 68.8 Å². The van der Waals surface area contributed by atoms with E-state index >= 15 is 0 Å². The molecule has 26 heavy (non-hydrogen) atoms. The van der Waals surface area contributed by atoms with Gasteiger partial charge in [-0.15, -0.1) is 0 Å². The predicted octanol–water partition coefficient (Wildman–Crippen LogP) is 2.73. The summed E-state index contributed by atoms with van der Waals surface area (Å²) < 4.78 is 10.9. The van der Waals surface area contributed by atoms with Gasteiger partial charge in [-0.25, -0.2) is 4.79 Å². The van der Waals surface area contributed by atoms with E-state index in [2.05, 4.69) is 10.3 Å². The number of fused-ring (bicyclic) bond motifs is 1. The molecule has 0 saturated heterocycles. The number of para-hydroxylation sites is 2. The van der Waals surface area contributed by atoms with Crippen LogP contribution in [0, 0.1) is 0 Å². The van der Waals surface area contributed by atoms with Gasteiger partial charge in [-0.2, -0.15) is 0 Å². The minimum atomic E-state index is -0.656. The van der Waals surface area contributed by atoms with E-state index < -0.39 is 11.4 Å². The van der Waals surface area contributed by atoms with Gasteiger partial charge in [0, 0.05) is 10.9 Å². The fraction of sp³-hybridized carbons (Fsp3) is 0.150. The Morgan fingerprint density at radius 1 is 1.19 bits per heavy atom. The average Bonchev–Trinajstić information content (AvgIpc) is 3.20. The molecule has 0 saturated carbocycles. The lowest BCUT2D eigenvalue weighted by Crippen LogP contribution is -2.21. The molecule has 0 bridgehead atoms. The molecule has 1 atom stereocenters. The largest absolute Gasteiger partial charge is 0.485 e. The summed E-state index contributed by atoms with van der Waals surface area (Å²) in [7, 11) is 0. The molecule has 1 aromatic heterocycles. The summed E-state index contributed by atoms with van der Waals surface area (Å²) in [6.07, 6.45) is 1.66. The van der Waals surface area contributed by atoms with Crippen molar-refractivity contribution >= 4 is 23.1 Å². The fourth-order valence-corrected chi connectivity index (χ4v) is 2.92. The van der Waals surface area contributed by atoms with Crippen LogP contribution in [0.2, 0.25) is 0 Å². The van der Waals surface area contributed by atoms with Crippen LogP contribution >= 0.6 is 0 Å². The number of nitrogens with one attached hydrogen (secondary N) is 1. The summed E-state index contributed by atoms with van der Waals surface area (Å²) in [6.45, 7) is 0.371. The van der Waals surface area contributed by atoms with Crippen LogP contribution in [0.4, 0.5) is 0 Å². The van der Waals surface area contributed by atoms with Crippen LogP contribution in [-0.4, -0.2) is 25.3 Å². The van der Waals surface area contributed by atoms with Crippen molar-refractivity contribution in [2.24, 2.45) is 4.99 Å². The second kappa shape index (κ2) is 6.84. The van der Waals surface area contributed by atoms with E-state index in [9.17, 15) is 9.59 Å². The zero-order valence-electron chi connectivity index (χ0n) is 13.8. The topological polar surface area (TPSA) is 80.9 Å². The summed E-state index contributed by atoms with van der Waals surface area (Å²) in [5, 5.41) is 3.84. The van der Waals surface area contributed by atoms with Gasteiger partial charge in [-0.1, -0.05) is 36.4 Å². The molecule has 6 heteroatoms. The highest BCUT2D eigenvalue weighted by Crippen LogP contribution is 2.26. The molecule has 2 aromatic carbocycles. The Morgan fingerprint density at radius 3 is 2.85 bits per heavy atom. The number of hydrogen-bond donors (Lipinski definition) is 1. The molecule has 1 N–H and O–H groups in total. The van der Waals surface area contributed by atoms with Crippen molar-refractivity contribution in [3.8, 4) is 5.75 Å². The molecule has 0 amide bonds. The molecule has 2 heterocycles. The first-order valence-electron chi connectivity index (χ1n) is 8.24. The van der Waals surface area contributed by atoms with E-state index in [1.165, 1.54) is 0 Å². The molecular formula is C20H16N2O4. The lowest BCUT2D eigenvalue weighted by Gasteiger charge is -2.15. The minimum Gasteiger partial charge on any atom is -0.485 e. The van der Waals surface area contributed by atoms with E-state index in [1.807, 2.05) is 24.3 Å². The Labute approximate surface area is 149 Å². The molecule has 1 aliphatic rings. The van der Waals surface area contributed by atoms with Crippen LogP contribution < -0.4 is 15.7 Å². The van der Waals surface area contributed by atoms with Gasteiger partial charge in [0.25, 0.3) is 0 Å². The monoisotopic (exact) mass is 348 g/mol. The number of hydrogen-bond acceptors (Lipinski definition) is 6. The van der Waals surface area contributed by atoms with E-state index in [0.29, 0.717) is 23.3 Å². The first kappa shape index (κ1) is 16.1. The van der Waals surface area contributed by atoms with Gasteiger partial charge in [0.15, 0.2) is 6.61 Å². The van der Waals surface area contributed by atoms with Crippen LogP contribution in [0.1, 0.15) is 22.0 Å². The molecule has 6 nitrogen and oxygen atoms in total. The highest BCUT2D eigenvalue weighted by Gasteiger charge is 2.19. The molecule has 130 valence electrons. The van der Waals surface area contributed by atoms with Crippen LogP contribution in [0.25, 0.3) is 11.0 Å². The van der Waals surface area contributed by atoms with E-state index in [0.717, 1.165) is 5.56 Å². The third-order valence-electron chi connectivity index (χ3n) is 4.25. The number of nitrogens with zero attached hydrogens (tertiary/aromatic N) is 1. The van der Waals surface area contributed by atoms with Crippen molar-refractivity contribution in [1.82, 2.24) is 5.32 Å². The normalized spacial score (nSPS) is 15.8. The summed E-state index contributed by atoms with van der Waals surface area (Å²) in [4.78, 5) is 28.7. The van der Waals surface area contributed by atoms with Gasteiger partial charge in [0.05, 0.1) is 18.9 Å². The Hall–Kier alpha value is -3.41. The standard InChI is InChI=1S/C20H16N2O4/c23-17(15-9-13-5-1-3-7-18(13)26-20(15)24)11-25-19-8-4-2-6-14(19)16-10-21-12-22-16/h1-9,12,16H,10-11H2,(H,21,22). The maximum absolute atomic E-state index is 12.5. The molecule has 3 aromatic rings. The second-order valence-corrected chi connectivity index (χ2v) is 5.95. The van der Waals surface area contributed by atoms with Gasteiger partial charge in [0.1, 0.15) is 16.9 Å². The van der Waals surface area contributed by atoms with Crippen LogP contribution in [0.3, 0.4) is 0 Å². The number of aliphatic imine (C=N–C) groups is 1. The Morgan fingerprint density at radius 2 is 2.00 bits per heavy atom. The van der Waals surface area contributed by atoms with Crippen LogP contribution in [-0.2, 0) is 0 Å². The molecule has 0 fully saturated rings. The van der Waals surface area contributed by atoms with Crippen molar-refractivity contribution < 1.29 is 13.9 Å². The Balaban J connectivity index is 1.55. The molecular weight excluding hydrogens is 332 g/mol. The third-order valence-corrected chi connectivity index (χ3v) is 4.25.